The van der Waals surface area contributed by atoms with Crippen LogP contribution in [0.15, 0.2) is 30.6 Å². The van der Waals surface area contributed by atoms with Crippen molar-refractivity contribution in [3.05, 3.63) is 41.6 Å². The van der Waals surface area contributed by atoms with Crippen LogP contribution in [0.1, 0.15) is 47.8 Å². The van der Waals surface area contributed by atoms with Crippen LogP contribution < -0.4 is 15.1 Å². The van der Waals surface area contributed by atoms with Gasteiger partial charge in [0.15, 0.2) is 11.6 Å². The van der Waals surface area contributed by atoms with E-state index in [9.17, 15) is 9.59 Å². The molecule has 0 bridgehead atoms. The van der Waals surface area contributed by atoms with Gasteiger partial charge >= 0.3 is 0 Å². The molecule has 0 aromatic carbocycles. The van der Waals surface area contributed by atoms with Crippen molar-refractivity contribution < 1.29 is 14.3 Å². The summed E-state index contributed by atoms with van der Waals surface area (Å²) in [5, 5.41) is 8.17. The fourth-order valence-corrected chi connectivity index (χ4v) is 3.79. The molecule has 4 heterocycles. The number of hydrogen-bond donors (Lipinski definition) is 1. The van der Waals surface area contributed by atoms with Crippen LogP contribution in [0.4, 0.5) is 11.5 Å². The van der Waals surface area contributed by atoms with E-state index in [1.807, 2.05) is 9.80 Å². The van der Waals surface area contributed by atoms with E-state index >= 15 is 0 Å². The normalized spacial score (nSPS) is 16.2. The van der Waals surface area contributed by atoms with Gasteiger partial charge in [0.05, 0.1) is 12.1 Å². The molecule has 8 nitrogen and oxygen atoms in total. The molecule has 4 rings (SSSR count). The summed E-state index contributed by atoms with van der Waals surface area (Å²) in [6, 6.07) is 5.21. The van der Waals surface area contributed by atoms with E-state index in [-0.39, 0.29) is 17.3 Å². The molecule has 1 fully saturated rings. The maximum absolute atomic E-state index is 12.8. The molecule has 152 valence electrons. The number of carbonyl (C=O) groups excluding carboxylic acids is 2. The molecule has 8 heteroatoms. The molecule has 0 saturated carbocycles. The van der Waals surface area contributed by atoms with Gasteiger partial charge in [0, 0.05) is 43.7 Å². The Morgan fingerprint density at radius 1 is 1.17 bits per heavy atom. The highest BCUT2D eigenvalue weighted by Crippen LogP contribution is 2.35. The first-order chi connectivity index (χ1) is 14.1. The van der Waals surface area contributed by atoms with E-state index in [4.69, 9.17) is 10.1 Å². The van der Waals surface area contributed by atoms with Crippen molar-refractivity contribution in [2.45, 2.75) is 32.6 Å². The SMILES string of the molecule is CCC(=O)n1ccc(N2CCOc3cc(C(=O)N4CCCCC4)cnc32)cc1=N. The van der Waals surface area contributed by atoms with Gasteiger partial charge in [-0.3, -0.25) is 19.6 Å². The van der Waals surface area contributed by atoms with Gasteiger partial charge in [-0.05, 0) is 31.4 Å². The third-order valence-electron chi connectivity index (χ3n) is 5.37. The van der Waals surface area contributed by atoms with Crippen LogP contribution in [0, 0.1) is 5.41 Å². The minimum Gasteiger partial charge on any atom is -0.488 e. The third kappa shape index (κ3) is 3.74. The smallest absolute Gasteiger partial charge is 0.255 e. The van der Waals surface area contributed by atoms with Crippen molar-refractivity contribution in [3.63, 3.8) is 0 Å². The molecule has 2 aromatic rings. The minimum atomic E-state index is -0.122. The van der Waals surface area contributed by atoms with E-state index in [0.29, 0.717) is 36.7 Å². The standard InChI is InChI=1S/C21H25N5O3/c1-2-19(27)26-9-6-16(13-18(26)22)25-10-11-29-17-12-15(14-23-20(17)25)21(28)24-7-4-3-5-8-24/h6,9,12-14,22H,2-5,7-8,10-11H2,1H3. The van der Waals surface area contributed by atoms with Gasteiger partial charge in [0.1, 0.15) is 12.1 Å². The van der Waals surface area contributed by atoms with Crippen LogP contribution in [0.2, 0.25) is 0 Å². The molecule has 1 saturated heterocycles. The van der Waals surface area contributed by atoms with Crippen LogP contribution in [0.25, 0.3) is 0 Å². The molecule has 0 spiro atoms. The number of piperidine rings is 1. The first-order valence-electron chi connectivity index (χ1n) is 10.1. The Morgan fingerprint density at radius 2 is 1.97 bits per heavy atom. The Labute approximate surface area is 169 Å². The number of likely N-dealkylation sites (tertiary alicyclic amines) is 1. The van der Waals surface area contributed by atoms with Crippen LogP contribution in [-0.2, 0) is 0 Å². The lowest BCUT2D eigenvalue weighted by Gasteiger charge is -2.31. The van der Waals surface area contributed by atoms with Crippen molar-refractivity contribution in [2.24, 2.45) is 0 Å². The Balaban J connectivity index is 1.62. The number of rotatable bonds is 3. The summed E-state index contributed by atoms with van der Waals surface area (Å²) < 4.78 is 7.11. The number of anilines is 2. The number of nitrogens with one attached hydrogen (secondary N) is 1. The lowest BCUT2D eigenvalue weighted by molar-refractivity contribution is 0.0723. The third-order valence-corrected chi connectivity index (χ3v) is 5.37. The molecule has 2 aliphatic rings. The summed E-state index contributed by atoms with van der Waals surface area (Å²) >= 11 is 0. The van der Waals surface area contributed by atoms with Crippen molar-refractivity contribution in [2.75, 3.05) is 31.1 Å². The molecule has 2 aromatic heterocycles. The number of fused-ring (bicyclic) bond motifs is 1. The molecule has 0 atom stereocenters. The van der Waals surface area contributed by atoms with E-state index < -0.39 is 0 Å². The quantitative estimate of drug-likeness (QED) is 0.862. The lowest BCUT2D eigenvalue weighted by atomic mass is 10.1. The predicted octanol–water partition coefficient (Wildman–Crippen LogP) is 2.57. The molecule has 0 unspecified atom stereocenters. The molecular weight excluding hydrogens is 370 g/mol. The van der Waals surface area contributed by atoms with Crippen LogP contribution in [0.5, 0.6) is 5.75 Å². The fourth-order valence-electron chi connectivity index (χ4n) is 3.79. The summed E-state index contributed by atoms with van der Waals surface area (Å²) in [6.45, 7) is 4.37. The van der Waals surface area contributed by atoms with Gasteiger partial charge in [0.25, 0.3) is 5.91 Å². The fraction of sp³-hybridized carbons (Fsp3) is 0.429. The molecule has 1 amide bonds. The van der Waals surface area contributed by atoms with E-state index in [1.54, 1.807) is 37.5 Å². The number of hydrogen-bond acceptors (Lipinski definition) is 6. The monoisotopic (exact) mass is 395 g/mol. The second-order valence-electron chi connectivity index (χ2n) is 7.29. The van der Waals surface area contributed by atoms with Gasteiger partial charge in [0.2, 0.25) is 5.91 Å². The second kappa shape index (κ2) is 8.06. The van der Waals surface area contributed by atoms with E-state index in [1.165, 1.54) is 11.0 Å². The van der Waals surface area contributed by atoms with Crippen molar-refractivity contribution in [1.82, 2.24) is 14.5 Å². The zero-order valence-corrected chi connectivity index (χ0v) is 16.6. The number of ether oxygens (including phenoxy) is 1. The van der Waals surface area contributed by atoms with Gasteiger partial charge in [-0.15, -0.1) is 0 Å². The van der Waals surface area contributed by atoms with Crippen molar-refractivity contribution in [1.29, 1.82) is 5.41 Å². The zero-order chi connectivity index (χ0) is 20.4. The van der Waals surface area contributed by atoms with Crippen molar-refractivity contribution >= 4 is 23.3 Å². The molecule has 29 heavy (non-hydrogen) atoms. The number of nitrogens with zero attached hydrogens (tertiary/aromatic N) is 4. The first-order valence-corrected chi connectivity index (χ1v) is 10.1. The predicted molar refractivity (Wildman–Crippen MR) is 108 cm³/mol. The van der Waals surface area contributed by atoms with Crippen LogP contribution >= 0.6 is 0 Å². The first kappa shape index (κ1) is 19.2. The van der Waals surface area contributed by atoms with Gasteiger partial charge in [-0.1, -0.05) is 6.92 Å². The molecule has 0 radical (unpaired) electrons. The average molecular weight is 395 g/mol. The van der Waals surface area contributed by atoms with Crippen molar-refractivity contribution in [3.8, 4) is 5.75 Å². The summed E-state index contributed by atoms with van der Waals surface area (Å²) in [5.41, 5.74) is 1.43. The van der Waals surface area contributed by atoms with Crippen LogP contribution in [-0.4, -0.2) is 52.5 Å². The Bertz CT molecular complexity index is 994. The molecule has 0 aliphatic carbocycles. The maximum atomic E-state index is 12.8. The van der Waals surface area contributed by atoms with Gasteiger partial charge < -0.3 is 14.5 Å². The highest BCUT2D eigenvalue weighted by Gasteiger charge is 2.25. The second-order valence-corrected chi connectivity index (χ2v) is 7.29. The molecular formula is C21H25N5O3. The highest BCUT2D eigenvalue weighted by molar-refractivity contribution is 5.95. The Kier molecular flexibility index (Phi) is 5.33. The number of pyridine rings is 2. The number of aromatic nitrogens is 2. The van der Waals surface area contributed by atoms with Gasteiger partial charge in [-0.25, -0.2) is 4.98 Å². The summed E-state index contributed by atoms with van der Waals surface area (Å²) in [6.07, 6.45) is 6.81. The summed E-state index contributed by atoms with van der Waals surface area (Å²) in [4.78, 5) is 33.0. The van der Waals surface area contributed by atoms with E-state index in [0.717, 1.165) is 31.6 Å². The topological polar surface area (TPSA) is 91.5 Å². The van der Waals surface area contributed by atoms with E-state index in [2.05, 4.69) is 4.98 Å². The van der Waals surface area contributed by atoms with Crippen LogP contribution in [0.3, 0.4) is 0 Å². The lowest BCUT2D eigenvalue weighted by Crippen LogP contribution is -2.36. The number of carbonyl (C=O) groups is 2. The Hall–Kier alpha value is -3.16. The minimum absolute atomic E-state index is 0.00648. The average Bonchev–Trinajstić information content (AvgIpc) is 2.77. The summed E-state index contributed by atoms with van der Waals surface area (Å²) in [7, 11) is 0. The Morgan fingerprint density at radius 3 is 2.69 bits per heavy atom. The maximum Gasteiger partial charge on any atom is 0.255 e. The highest BCUT2D eigenvalue weighted by atomic mass is 16.5. The number of amides is 1. The zero-order valence-electron chi connectivity index (χ0n) is 16.6. The largest absolute Gasteiger partial charge is 0.488 e. The molecule has 1 N–H and O–H groups in total. The molecule has 2 aliphatic heterocycles. The van der Waals surface area contributed by atoms with Gasteiger partial charge in [-0.2, -0.15) is 0 Å². The summed E-state index contributed by atoms with van der Waals surface area (Å²) in [5.74, 6) is 1.05.